The number of amides is 1. The van der Waals surface area contributed by atoms with E-state index in [1.54, 1.807) is 0 Å². The minimum absolute atomic E-state index is 0.0215. The molecule has 2 N–H and O–H groups in total. The maximum absolute atomic E-state index is 11.6. The highest BCUT2D eigenvalue weighted by Gasteiger charge is 2.23. The monoisotopic (exact) mass is 284 g/mol. The molecule has 0 bridgehead atoms. The Labute approximate surface area is 114 Å². The summed E-state index contributed by atoms with van der Waals surface area (Å²) < 4.78 is 4.95. The zero-order valence-electron chi connectivity index (χ0n) is 11.2. The molecule has 1 aromatic rings. The number of nitrogens with zero attached hydrogens (tertiary/aromatic N) is 2. The highest BCUT2D eigenvalue weighted by atomic mass is 16.6. The van der Waals surface area contributed by atoms with Crippen molar-refractivity contribution in [2.45, 2.75) is 32.7 Å². The van der Waals surface area contributed by atoms with Crippen LogP contribution in [0.25, 0.3) is 0 Å². The fraction of sp³-hybridized carbons (Fsp3) is 0.545. The zero-order chi connectivity index (χ0) is 15.1. The number of nitrogens with one attached hydrogen (secondary N) is 2. The van der Waals surface area contributed by atoms with Gasteiger partial charge in [0.15, 0.2) is 6.61 Å². The minimum atomic E-state index is -0.930. The summed E-state index contributed by atoms with van der Waals surface area (Å²) in [6.45, 7) is 3.42. The van der Waals surface area contributed by atoms with Gasteiger partial charge in [-0.25, -0.2) is 0 Å². The van der Waals surface area contributed by atoms with Gasteiger partial charge in [-0.3, -0.25) is 19.7 Å². The number of aromatic amines is 1. The number of aromatic nitrogens is 2. The number of carbonyl (C=O) groups excluding carboxylic acids is 1. The molecular formula is C11H16N4O5. The van der Waals surface area contributed by atoms with E-state index in [0.717, 1.165) is 19.2 Å². The number of rotatable bonds is 7. The van der Waals surface area contributed by atoms with E-state index in [0.29, 0.717) is 0 Å². The average Bonchev–Trinajstić information content (AvgIpc) is 2.42. The van der Waals surface area contributed by atoms with Gasteiger partial charge in [0.05, 0.1) is 11.3 Å². The molecule has 0 spiro atoms. The largest absolute Gasteiger partial charge is 0.463 e. The first-order chi connectivity index (χ1) is 9.49. The van der Waals surface area contributed by atoms with E-state index in [1.165, 1.54) is 0 Å². The van der Waals surface area contributed by atoms with Gasteiger partial charge in [0.2, 0.25) is 0 Å². The molecular weight excluding hydrogens is 268 g/mol. The van der Waals surface area contributed by atoms with Crippen LogP contribution >= 0.6 is 0 Å². The van der Waals surface area contributed by atoms with Gasteiger partial charge in [-0.1, -0.05) is 13.8 Å². The first kappa shape index (κ1) is 15.6. The van der Waals surface area contributed by atoms with E-state index in [1.807, 2.05) is 13.8 Å². The zero-order valence-corrected chi connectivity index (χ0v) is 11.2. The van der Waals surface area contributed by atoms with E-state index in [2.05, 4.69) is 15.3 Å². The van der Waals surface area contributed by atoms with E-state index < -0.39 is 34.6 Å². The van der Waals surface area contributed by atoms with Gasteiger partial charge in [0, 0.05) is 6.04 Å². The number of nitro groups is 1. The van der Waals surface area contributed by atoms with Crippen molar-refractivity contribution in [3.8, 4) is 5.88 Å². The summed E-state index contributed by atoms with van der Waals surface area (Å²) in [6.07, 6.45) is 2.51. The molecule has 1 amide bonds. The Morgan fingerprint density at radius 1 is 1.55 bits per heavy atom. The lowest BCUT2D eigenvalue weighted by atomic mass is 10.2. The van der Waals surface area contributed by atoms with Crippen molar-refractivity contribution in [2.24, 2.45) is 0 Å². The van der Waals surface area contributed by atoms with Gasteiger partial charge in [0.25, 0.3) is 5.91 Å². The highest BCUT2D eigenvalue weighted by molar-refractivity contribution is 5.77. The molecule has 0 aliphatic carbocycles. The van der Waals surface area contributed by atoms with Gasteiger partial charge in [0.1, 0.15) is 0 Å². The molecule has 0 saturated carbocycles. The molecule has 0 fully saturated rings. The molecule has 1 rings (SSSR count). The Balaban J connectivity index is 2.71. The van der Waals surface area contributed by atoms with Gasteiger partial charge in [-0.15, -0.1) is 0 Å². The lowest BCUT2D eigenvalue weighted by molar-refractivity contribution is -0.387. The number of H-pyrrole nitrogens is 1. The minimum Gasteiger partial charge on any atom is -0.463 e. The average molecular weight is 284 g/mol. The predicted octanol–water partition coefficient (Wildman–Crippen LogP) is 0.362. The number of carbonyl (C=O) groups is 1. The third kappa shape index (κ3) is 4.04. The molecule has 0 aromatic carbocycles. The standard InChI is InChI=1S/C11H16N4O5/c1-3-7(4-2)14-8(16)5-20-11-9(15(18)19)10(17)12-6-13-11/h6-7H,3-5H2,1-2H3,(H,14,16)(H,12,13,17). The molecule has 1 heterocycles. The molecule has 20 heavy (non-hydrogen) atoms. The lowest BCUT2D eigenvalue weighted by Crippen LogP contribution is -2.37. The quantitative estimate of drug-likeness (QED) is 0.549. The molecule has 0 saturated heterocycles. The summed E-state index contributed by atoms with van der Waals surface area (Å²) in [5, 5.41) is 13.4. The van der Waals surface area contributed by atoms with Crippen LogP contribution in [0.1, 0.15) is 26.7 Å². The Kier molecular flexibility index (Phi) is 5.63. The maximum atomic E-state index is 11.6. The van der Waals surface area contributed by atoms with E-state index >= 15 is 0 Å². The van der Waals surface area contributed by atoms with Crippen molar-refractivity contribution in [2.75, 3.05) is 6.61 Å². The van der Waals surface area contributed by atoms with Crippen molar-refractivity contribution in [3.63, 3.8) is 0 Å². The first-order valence-electron chi connectivity index (χ1n) is 6.13. The van der Waals surface area contributed by atoms with Gasteiger partial charge in [-0.05, 0) is 12.8 Å². The Bertz CT molecular complexity index is 538. The first-order valence-corrected chi connectivity index (χ1v) is 6.13. The normalized spacial score (nSPS) is 10.3. The molecule has 0 radical (unpaired) electrons. The number of hydrogen-bond donors (Lipinski definition) is 2. The van der Waals surface area contributed by atoms with Crippen LogP contribution in [0.3, 0.4) is 0 Å². The van der Waals surface area contributed by atoms with Crippen LogP contribution in [0, 0.1) is 10.1 Å². The van der Waals surface area contributed by atoms with E-state index in [4.69, 9.17) is 4.74 Å². The SMILES string of the molecule is CCC(CC)NC(=O)COc1nc[nH]c(=O)c1[N+](=O)[O-]. The number of ether oxygens (including phenoxy) is 1. The van der Waals surface area contributed by atoms with Crippen LogP contribution in [0.4, 0.5) is 5.69 Å². The van der Waals surface area contributed by atoms with Gasteiger partial charge in [-0.2, -0.15) is 4.98 Å². The van der Waals surface area contributed by atoms with Crippen LogP contribution in [0.15, 0.2) is 11.1 Å². The van der Waals surface area contributed by atoms with Crippen molar-refractivity contribution >= 4 is 11.6 Å². The summed E-state index contributed by atoms with van der Waals surface area (Å²) in [5.74, 6) is -0.895. The fourth-order valence-electron chi connectivity index (χ4n) is 1.54. The lowest BCUT2D eigenvalue weighted by Gasteiger charge is -2.14. The van der Waals surface area contributed by atoms with Crippen molar-refractivity contribution in [1.29, 1.82) is 0 Å². The van der Waals surface area contributed by atoms with Gasteiger partial charge < -0.3 is 15.0 Å². The maximum Gasteiger partial charge on any atom is 0.395 e. The Morgan fingerprint density at radius 2 is 2.20 bits per heavy atom. The van der Waals surface area contributed by atoms with Crippen molar-refractivity contribution < 1.29 is 14.5 Å². The van der Waals surface area contributed by atoms with Crippen molar-refractivity contribution in [3.05, 3.63) is 26.8 Å². The third-order valence-corrected chi connectivity index (χ3v) is 2.67. The number of hydrogen-bond acceptors (Lipinski definition) is 6. The second-order valence-electron chi connectivity index (χ2n) is 4.01. The second kappa shape index (κ2) is 7.22. The van der Waals surface area contributed by atoms with Crippen molar-refractivity contribution in [1.82, 2.24) is 15.3 Å². The van der Waals surface area contributed by atoms with Crippen LogP contribution in [0.5, 0.6) is 5.88 Å². The molecule has 0 aliphatic heterocycles. The molecule has 0 atom stereocenters. The Morgan fingerprint density at radius 3 is 2.75 bits per heavy atom. The second-order valence-corrected chi connectivity index (χ2v) is 4.01. The molecule has 1 aromatic heterocycles. The van der Waals surface area contributed by atoms with Crippen LogP contribution in [-0.4, -0.2) is 33.4 Å². The summed E-state index contributed by atoms with van der Waals surface area (Å²) in [5.41, 5.74) is -1.75. The van der Waals surface area contributed by atoms with Crippen LogP contribution in [0.2, 0.25) is 0 Å². The Hall–Kier alpha value is -2.45. The molecule has 0 aliphatic rings. The van der Waals surface area contributed by atoms with Crippen LogP contribution < -0.4 is 15.6 Å². The summed E-state index contributed by atoms with van der Waals surface area (Å²) >= 11 is 0. The van der Waals surface area contributed by atoms with E-state index in [-0.39, 0.29) is 6.04 Å². The summed E-state index contributed by atoms with van der Waals surface area (Å²) in [4.78, 5) is 38.3. The molecule has 9 nitrogen and oxygen atoms in total. The fourth-order valence-corrected chi connectivity index (χ4v) is 1.54. The third-order valence-electron chi connectivity index (χ3n) is 2.67. The highest BCUT2D eigenvalue weighted by Crippen LogP contribution is 2.17. The molecule has 0 unspecified atom stereocenters. The summed E-state index contributed by atoms with van der Waals surface area (Å²) in [6, 6.07) is 0.0215. The topological polar surface area (TPSA) is 127 Å². The van der Waals surface area contributed by atoms with Gasteiger partial charge >= 0.3 is 17.1 Å². The van der Waals surface area contributed by atoms with E-state index in [9.17, 15) is 19.7 Å². The van der Waals surface area contributed by atoms with Crippen LogP contribution in [-0.2, 0) is 4.79 Å². The molecule has 9 heteroatoms. The smallest absolute Gasteiger partial charge is 0.395 e. The predicted molar refractivity (Wildman–Crippen MR) is 69.5 cm³/mol. The summed E-state index contributed by atoms with van der Waals surface area (Å²) in [7, 11) is 0. The molecule has 110 valence electrons.